The van der Waals surface area contributed by atoms with E-state index in [0.717, 1.165) is 42.6 Å². The van der Waals surface area contributed by atoms with Gasteiger partial charge in [-0.05, 0) is 49.4 Å². The van der Waals surface area contributed by atoms with E-state index in [1.807, 2.05) is 4.90 Å². The predicted octanol–water partition coefficient (Wildman–Crippen LogP) is 4.13. The average Bonchev–Trinajstić information content (AvgIpc) is 3.14. The molecule has 1 aliphatic carbocycles. The van der Waals surface area contributed by atoms with Crippen molar-refractivity contribution in [1.29, 1.82) is 0 Å². The Morgan fingerprint density at radius 2 is 1.87 bits per heavy atom. The highest BCUT2D eigenvalue weighted by molar-refractivity contribution is 7.18. The van der Waals surface area contributed by atoms with Crippen LogP contribution < -0.4 is 5.56 Å². The lowest BCUT2D eigenvalue weighted by molar-refractivity contribution is 0.0625. The van der Waals surface area contributed by atoms with Gasteiger partial charge < -0.3 is 9.88 Å². The third-order valence-corrected chi connectivity index (χ3v) is 8.00. The van der Waals surface area contributed by atoms with Gasteiger partial charge in [-0.25, -0.2) is 4.98 Å². The van der Waals surface area contributed by atoms with Gasteiger partial charge in [-0.15, -0.1) is 11.3 Å². The zero-order valence-electron chi connectivity index (χ0n) is 16.9. The summed E-state index contributed by atoms with van der Waals surface area (Å²) < 4.78 is 0. The number of rotatable bonds is 3. The lowest BCUT2D eigenvalue weighted by Crippen LogP contribution is -2.48. The largest absolute Gasteiger partial charge is 0.336 e. The Morgan fingerprint density at radius 3 is 2.65 bits per heavy atom. The number of nitrogens with zero attached hydrogens (tertiary/aromatic N) is 3. The molecule has 0 spiro atoms. The Balaban J connectivity index is 1.26. The molecule has 5 rings (SSSR count). The van der Waals surface area contributed by atoms with Crippen molar-refractivity contribution in [2.45, 2.75) is 32.2 Å². The lowest BCUT2D eigenvalue weighted by atomic mass is 9.97. The molecular formula is C22H22Cl2N4O2S. The van der Waals surface area contributed by atoms with Gasteiger partial charge in [-0.1, -0.05) is 23.2 Å². The monoisotopic (exact) mass is 476 g/mol. The maximum atomic E-state index is 12.8. The fraction of sp³-hybridized carbons (Fsp3) is 0.409. The standard InChI is InChI=1S/C22H22Cl2N4O2S/c23-15-6-5-13(11-16(15)24)22(30)28-9-7-27(8-10-28)12-18-25-20(29)19-14-3-1-2-4-17(14)31-21(19)26-18/h5-6,11H,1-4,7-10,12H2,(H,25,26,29). The van der Waals surface area contributed by atoms with Crippen molar-refractivity contribution in [2.75, 3.05) is 26.2 Å². The van der Waals surface area contributed by atoms with Gasteiger partial charge in [-0.3, -0.25) is 14.5 Å². The minimum Gasteiger partial charge on any atom is -0.336 e. The van der Waals surface area contributed by atoms with E-state index >= 15 is 0 Å². The van der Waals surface area contributed by atoms with E-state index < -0.39 is 0 Å². The quantitative estimate of drug-likeness (QED) is 0.616. The molecule has 1 fully saturated rings. The van der Waals surface area contributed by atoms with Crippen LogP contribution >= 0.6 is 34.5 Å². The summed E-state index contributed by atoms with van der Waals surface area (Å²) in [7, 11) is 0. The first-order valence-electron chi connectivity index (χ1n) is 10.5. The molecule has 0 atom stereocenters. The van der Waals surface area contributed by atoms with Crippen molar-refractivity contribution in [3.8, 4) is 0 Å². The smallest absolute Gasteiger partial charge is 0.259 e. The van der Waals surface area contributed by atoms with Crippen LogP contribution in [0.5, 0.6) is 0 Å². The van der Waals surface area contributed by atoms with Gasteiger partial charge in [0.1, 0.15) is 10.7 Å². The molecule has 0 bridgehead atoms. The number of aryl methyl sites for hydroxylation is 2. The number of benzene rings is 1. The Hall–Kier alpha value is -1.93. The number of aromatic nitrogens is 2. The number of carbonyl (C=O) groups excluding carboxylic acids is 1. The van der Waals surface area contributed by atoms with E-state index in [4.69, 9.17) is 28.2 Å². The fourth-order valence-corrected chi connectivity index (χ4v) is 5.99. The molecule has 0 unspecified atom stereocenters. The first-order chi connectivity index (χ1) is 15.0. The van der Waals surface area contributed by atoms with E-state index in [1.165, 1.54) is 16.9 Å². The summed E-state index contributed by atoms with van der Waals surface area (Å²) in [5, 5.41) is 1.61. The number of halogens is 2. The van der Waals surface area contributed by atoms with Crippen LogP contribution in [0.25, 0.3) is 10.2 Å². The fourth-order valence-electron chi connectivity index (χ4n) is 4.42. The number of aromatic amines is 1. The Labute approximate surface area is 193 Å². The number of hydrogen-bond acceptors (Lipinski definition) is 5. The predicted molar refractivity (Wildman–Crippen MR) is 125 cm³/mol. The Morgan fingerprint density at radius 1 is 1.10 bits per heavy atom. The van der Waals surface area contributed by atoms with Crippen LogP contribution in [-0.2, 0) is 19.4 Å². The van der Waals surface area contributed by atoms with Gasteiger partial charge in [0.15, 0.2) is 0 Å². The number of fused-ring (bicyclic) bond motifs is 3. The number of amides is 1. The average molecular weight is 477 g/mol. The third kappa shape index (κ3) is 4.12. The summed E-state index contributed by atoms with van der Waals surface area (Å²) in [6, 6.07) is 4.96. The molecule has 31 heavy (non-hydrogen) atoms. The molecular weight excluding hydrogens is 455 g/mol. The minimum atomic E-state index is -0.0460. The summed E-state index contributed by atoms with van der Waals surface area (Å²) >= 11 is 13.7. The zero-order chi connectivity index (χ0) is 21.5. The molecule has 0 saturated carbocycles. The van der Waals surface area contributed by atoms with E-state index in [-0.39, 0.29) is 11.5 Å². The normalized spacial score (nSPS) is 17.2. The van der Waals surface area contributed by atoms with Crippen molar-refractivity contribution < 1.29 is 4.79 Å². The molecule has 1 N–H and O–H groups in total. The van der Waals surface area contributed by atoms with Crippen molar-refractivity contribution in [1.82, 2.24) is 19.8 Å². The minimum absolute atomic E-state index is 0.0205. The van der Waals surface area contributed by atoms with Crippen molar-refractivity contribution in [2.24, 2.45) is 0 Å². The van der Waals surface area contributed by atoms with Crippen LogP contribution in [0.15, 0.2) is 23.0 Å². The molecule has 9 heteroatoms. The number of thiophene rings is 1. The highest BCUT2D eigenvalue weighted by Crippen LogP contribution is 2.33. The summed E-state index contributed by atoms with van der Waals surface area (Å²) in [5.41, 5.74) is 1.73. The molecule has 1 saturated heterocycles. The van der Waals surface area contributed by atoms with E-state index in [2.05, 4.69) is 9.88 Å². The molecule has 2 aromatic heterocycles. The number of H-pyrrole nitrogens is 1. The SMILES string of the molecule is O=C(c1ccc(Cl)c(Cl)c1)N1CCN(Cc2nc3sc4c(c3c(=O)[nH]2)CCCC4)CC1. The second-order valence-corrected chi connectivity index (χ2v) is 10.00. The lowest BCUT2D eigenvalue weighted by Gasteiger charge is -2.34. The zero-order valence-corrected chi connectivity index (χ0v) is 19.2. The van der Waals surface area contributed by atoms with Crippen LogP contribution in [0.3, 0.4) is 0 Å². The first-order valence-corrected chi connectivity index (χ1v) is 12.1. The first kappa shape index (κ1) is 20.9. The van der Waals surface area contributed by atoms with Crippen LogP contribution in [0, 0.1) is 0 Å². The summed E-state index contributed by atoms with van der Waals surface area (Å²) in [6.07, 6.45) is 4.37. The molecule has 1 aliphatic heterocycles. The molecule has 1 aromatic carbocycles. The molecule has 1 amide bonds. The van der Waals surface area contributed by atoms with Gasteiger partial charge in [0.05, 0.1) is 22.0 Å². The molecule has 0 radical (unpaired) electrons. The number of hydrogen-bond donors (Lipinski definition) is 1. The maximum absolute atomic E-state index is 12.8. The third-order valence-electron chi connectivity index (χ3n) is 6.07. The van der Waals surface area contributed by atoms with E-state index in [0.29, 0.717) is 41.1 Å². The van der Waals surface area contributed by atoms with Gasteiger partial charge in [0.25, 0.3) is 11.5 Å². The van der Waals surface area contributed by atoms with Crippen molar-refractivity contribution in [3.05, 3.63) is 60.4 Å². The molecule has 6 nitrogen and oxygen atoms in total. The van der Waals surface area contributed by atoms with Crippen molar-refractivity contribution in [3.63, 3.8) is 0 Å². The van der Waals surface area contributed by atoms with Crippen molar-refractivity contribution >= 4 is 50.7 Å². The Kier molecular flexibility index (Phi) is 5.77. The number of carbonyl (C=O) groups is 1. The molecule has 3 heterocycles. The topological polar surface area (TPSA) is 69.3 Å². The summed E-state index contributed by atoms with van der Waals surface area (Å²) in [5.74, 6) is 0.649. The highest BCUT2D eigenvalue weighted by atomic mass is 35.5. The van der Waals surface area contributed by atoms with Crippen LogP contribution in [0.4, 0.5) is 0 Å². The highest BCUT2D eigenvalue weighted by Gasteiger charge is 2.24. The molecule has 3 aromatic rings. The summed E-state index contributed by atoms with van der Waals surface area (Å²) in [6.45, 7) is 3.23. The van der Waals surface area contributed by atoms with Crippen LogP contribution in [0.2, 0.25) is 10.0 Å². The Bertz CT molecular complexity index is 1210. The molecule has 162 valence electrons. The number of piperazine rings is 1. The van der Waals surface area contributed by atoms with Crippen LogP contribution in [0.1, 0.15) is 39.5 Å². The number of nitrogens with one attached hydrogen (secondary N) is 1. The van der Waals surface area contributed by atoms with Gasteiger partial charge >= 0.3 is 0 Å². The van der Waals surface area contributed by atoms with Gasteiger partial charge in [-0.2, -0.15) is 0 Å². The second kappa shape index (κ2) is 8.54. The van der Waals surface area contributed by atoms with Crippen LogP contribution in [-0.4, -0.2) is 51.9 Å². The molecule has 2 aliphatic rings. The van der Waals surface area contributed by atoms with E-state index in [1.54, 1.807) is 29.5 Å². The van der Waals surface area contributed by atoms with Gasteiger partial charge in [0.2, 0.25) is 0 Å². The summed E-state index contributed by atoms with van der Waals surface area (Å²) in [4.78, 5) is 39.5. The second-order valence-electron chi connectivity index (χ2n) is 8.10. The maximum Gasteiger partial charge on any atom is 0.259 e. The van der Waals surface area contributed by atoms with E-state index in [9.17, 15) is 9.59 Å². The van der Waals surface area contributed by atoms with Gasteiger partial charge in [0, 0.05) is 36.6 Å².